The van der Waals surface area contributed by atoms with E-state index in [1.807, 2.05) is 6.26 Å². The van der Waals surface area contributed by atoms with Crippen molar-refractivity contribution in [2.75, 3.05) is 18.6 Å². The summed E-state index contributed by atoms with van der Waals surface area (Å²) < 4.78 is 12.8. The highest BCUT2D eigenvalue weighted by Crippen LogP contribution is 2.09. The molecule has 0 aromatic carbocycles. The molecule has 6 heteroatoms. The van der Waals surface area contributed by atoms with E-state index in [-0.39, 0.29) is 12.5 Å². The van der Waals surface area contributed by atoms with Crippen LogP contribution in [-0.4, -0.2) is 40.2 Å². The standard InChI is InChI=1S/C13H17FN2O2S/c1-13(18,9-19-2)8-16-12(17)4-3-10-5-11(14)7-15-6-10/h3-7,18H,8-9H2,1-2H3,(H,16,17). The number of rotatable bonds is 6. The number of hydrogen-bond donors (Lipinski definition) is 2. The summed E-state index contributed by atoms with van der Waals surface area (Å²) in [7, 11) is 0. The maximum absolute atomic E-state index is 12.8. The van der Waals surface area contributed by atoms with Crippen LogP contribution in [0.1, 0.15) is 12.5 Å². The number of thioether (sulfide) groups is 1. The maximum atomic E-state index is 12.8. The third kappa shape index (κ3) is 6.35. The van der Waals surface area contributed by atoms with Gasteiger partial charge in [0.1, 0.15) is 5.82 Å². The summed E-state index contributed by atoms with van der Waals surface area (Å²) in [6, 6.07) is 1.28. The van der Waals surface area contributed by atoms with Crippen LogP contribution in [0.2, 0.25) is 0 Å². The maximum Gasteiger partial charge on any atom is 0.244 e. The number of aromatic nitrogens is 1. The fourth-order valence-electron chi connectivity index (χ4n) is 1.39. The lowest BCUT2D eigenvalue weighted by atomic mass is 10.1. The Bertz CT molecular complexity index is 464. The van der Waals surface area contributed by atoms with E-state index in [0.717, 1.165) is 6.20 Å². The SMILES string of the molecule is CSCC(C)(O)CNC(=O)C=Cc1cncc(F)c1. The highest BCUT2D eigenvalue weighted by Gasteiger charge is 2.19. The second kappa shape index (κ2) is 7.25. The lowest BCUT2D eigenvalue weighted by Crippen LogP contribution is -2.41. The van der Waals surface area contributed by atoms with E-state index in [2.05, 4.69) is 10.3 Å². The topological polar surface area (TPSA) is 62.2 Å². The molecule has 0 aliphatic heterocycles. The Morgan fingerprint density at radius 1 is 1.63 bits per heavy atom. The number of carbonyl (C=O) groups excluding carboxylic acids is 1. The summed E-state index contributed by atoms with van der Waals surface area (Å²) in [6.45, 7) is 1.82. The third-order valence-corrected chi connectivity index (χ3v) is 3.16. The number of halogens is 1. The quantitative estimate of drug-likeness (QED) is 0.776. The first kappa shape index (κ1) is 15.7. The molecule has 19 heavy (non-hydrogen) atoms. The normalized spacial score (nSPS) is 14.3. The molecular formula is C13H17FN2O2S. The van der Waals surface area contributed by atoms with Crippen molar-refractivity contribution in [3.8, 4) is 0 Å². The first-order chi connectivity index (χ1) is 8.93. The Morgan fingerprint density at radius 2 is 2.37 bits per heavy atom. The van der Waals surface area contributed by atoms with Gasteiger partial charge < -0.3 is 10.4 Å². The molecule has 1 aromatic rings. The van der Waals surface area contributed by atoms with Gasteiger partial charge in [-0.05, 0) is 30.9 Å². The van der Waals surface area contributed by atoms with Crippen LogP contribution in [0.15, 0.2) is 24.5 Å². The predicted octanol–water partition coefficient (Wildman–Crippen LogP) is 1.46. The number of nitrogens with one attached hydrogen (secondary N) is 1. The van der Waals surface area contributed by atoms with Gasteiger partial charge in [0.15, 0.2) is 0 Å². The van der Waals surface area contributed by atoms with Gasteiger partial charge >= 0.3 is 0 Å². The van der Waals surface area contributed by atoms with E-state index in [1.165, 1.54) is 36.2 Å². The average molecular weight is 284 g/mol. The first-order valence-electron chi connectivity index (χ1n) is 5.71. The van der Waals surface area contributed by atoms with Crippen LogP contribution in [0.3, 0.4) is 0 Å². The summed E-state index contributed by atoms with van der Waals surface area (Å²) in [5.41, 5.74) is -0.436. The zero-order valence-corrected chi connectivity index (χ0v) is 11.7. The van der Waals surface area contributed by atoms with E-state index < -0.39 is 11.4 Å². The molecule has 0 aliphatic rings. The number of hydrogen-bond acceptors (Lipinski definition) is 4. The smallest absolute Gasteiger partial charge is 0.244 e. The molecule has 4 nitrogen and oxygen atoms in total. The second-order valence-electron chi connectivity index (χ2n) is 4.42. The van der Waals surface area contributed by atoms with Crippen LogP contribution >= 0.6 is 11.8 Å². The summed E-state index contributed by atoms with van der Waals surface area (Å²) in [6.07, 6.45) is 7.18. The number of nitrogens with zero attached hydrogens (tertiary/aromatic N) is 1. The molecule has 0 bridgehead atoms. The minimum Gasteiger partial charge on any atom is -0.387 e. The summed E-state index contributed by atoms with van der Waals surface area (Å²) in [4.78, 5) is 15.2. The van der Waals surface area contributed by atoms with Gasteiger partial charge in [-0.2, -0.15) is 11.8 Å². The van der Waals surface area contributed by atoms with Crippen LogP contribution in [0.5, 0.6) is 0 Å². The minimum atomic E-state index is -0.941. The molecule has 0 saturated carbocycles. The van der Waals surface area contributed by atoms with Gasteiger partial charge in [0.25, 0.3) is 0 Å². The molecule has 0 saturated heterocycles. The van der Waals surface area contributed by atoms with E-state index in [0.29, 0.717) is 11.3 Å². The largest absolute Gasteiger partial charge is 0.387 e. The molecule has 1 amide bonds. The Hall–Kier alpha value is -1.40. The van der Waals surface area contributed by atoms with Crippen molar-refractivity contribution >= 4 is 23.7 Å². The second-order valence-corrected chi connectivity index (χ2v) is 5.28. The molecule has 1 rings (SSSR count). The number of pyridine rings is 1. The summed E-state index contributed by atoms with van der Waals surface area (Å²) >= 11 is 1.50. The Balaban J connectivity index is 2.47. The fraction of sp³-hybridized carbons (Fsp3) is 0.385. The van der Waals surface area contributed by atoms with Crippen molar-refractivity contribution in [3.05, 3.63) is 35.9 Å². The molecular weight excluding hydrogens is 267 g/mol. The lowest BCUT2D eigenvalue weighted by Gasteiger charge is -2.21. The molecule has 0 radical (unpaired) electrons. The van der Waals surface area contributed by atoms with Crippen molar-refractivity contribution in [1.29, 1.82) is 0 Å². The Kier molecular flexibility index (Phi) is 5.98. The minimum absolute atomic E-state index is 0.165. The average Bonchev–Trinajstić information content (AvgIpc) is 2.34. The Morgan fingerprint density at radius 3 is 3.00 bits per heavy atom. The molecule has 1 heterocycles. The van der Waals surface area contributed by atoms with Gasteiger partial charge in [-0.25, -0.2) is 4.39 Å². The monoisotopic (exact) mass is 284 g/mol. The number of aliphatic hydroxyl groups is 1. The highest BCUT2D eigenvalue weighted by molar-refractivity contribution is 7.98. The van der Waals surface area contributed by atoms with Gasteiger partial charge in [0.05, 0.1) is 11.8 Å². The lowest BCUT2D eigenvalue weighted by molar-refractivity contribution is -0.117. The fourth-order valence-corrected chi connectivity index (χ4v) is 2.11. The highest BCUT2D eigenvalue weighted by atomic mass is 32.2. The van der Waals surface area contributed by atoms with Crippen LogP contribution in [0.4, 0.5) is 4.39 Å². The van der Waals surface area contributed by atoms with Crippen molar-refractivity contribution in [3.63, 3.8) is 0 Å². The number of carbonyl (C=O) groups is 1. The van der Waals surface area contributed by atoms with Gasteiger partial charge in [-0.3, -0.25) is 9.78 Å². The van der Waals surface area contributed by atoms with Gasteiger partial charge in [0.2, 0.25) is 5.91 Å². The van der Waals surface area contributed by atoms with Gasteiger partial charge in [0, 0.05) is 24.6 Å². The van der Waals surface area contributed by atoms with Crippen molar-refractivity contribution < 1.29 is 14.3 Å². The van der Waals surface area contributed by atoms with Gasteiger partial charge in [-0.1, -0.05) is 0 Å². The van der Waals surface area contributed by atoms with E-state index in [9.17, 15) is 14.3 Å². The molecule has 104 valence electrons. The zero-order chi connectivity index (χ0) is 14.3. The molecule has 1 atom stereocenters. The van der Waals surface area contributed by atoms with Crippen molar-refractivity contribution in [2.45, 2.75) is 12.5 Å². The van der Waals surface area contributed by atoms with Crippen LogP contribution < -0.4 is 5.32 Å². The summed E-state index contributed by atoms with van der Waals surface area (Å²) in [5, 5.41) is 12.5. The zero-order valence-electron chi connectivity index (χ0n) is 10.9. The molecule has 1 unspecified atom stereocenters. The number of amides is 1. The van der Waals surface area contributed by atoms with Gasteiger partial charge in [-0.15, -0.1) is 0 Å². The predicted molar refractivity (Wildman–Crippen MR) is 75.2 cm³/mol. The molecule has 0 aliphatic carbocycles. The van der Waals surface area contributed by atoms with Crippen LogP contribution in [0, 0.1) is 5.82 Å². The van der Waals surface area contributed by atoms with E-state index in [1.54, 1.807) is 6.92 Å². The molecule has 2 N–H and O–H groups in total. The van der Waals surface area contributed by atoms with Crippen molar-refractivity contribution in [2.24, 2.45) is 0 Å². The Labute approximate surface area is 116 Å². The van der Waals surface area contributed by atoms with Crippen LogP contribution in [-0.2, 0) is 4.79 Å². The van der Waals surface area contributed by atoms with Crippen LogP contribution in [0.25, 0.3) is 6.08 Å². The third-order valence-electron chi connectivity index (χ3n) is 2.25. The molecule has 0 spiro atoms. The van der Waals surface area contributed by atoms with E-state index >= 15 is 0 Å². The first-order valence-corrected chi connectivity index (χ1v) is 7.10. The summed E-state index contributed by atoms with van der Waals surface area (Å²) in [5.74, 6) is -0.263. The van der Waals surface area contributed by atoms with Crippen molar-refractivity contribution in [1.82, 2.24) is 10.3 Å². The molecule has 1 aromatic heterocycles. The molecule has 0 fully saturated rings. The van der Waals surface area contributed by atoms with E-state index in [4.69, 9.17) is 0 Å².